The number of benzene rings is 2. The van der Waals surface area contributed by atoms with Crippen molar-refractivity contribution in [3.05, 3.63) is 79.7 Å². The van der Waals surface area contributed by atoms with Gasteiger partial charge in [-0.3, -0.25) is 0 Å². The molecule has 0 radical (unpaired) electrons. The quantitative estimate of drug-likeness (QED) is 0.359. The van der Waals surface area contributed by atoms with Crippen LogP contribution in [0.25, 0.3) is 11.1 Å². The third-order valence-electron chi connectivity index (χ3n) is 8.11. The van der Waals surface area contributed by atoms with Gasteiger partial charge < -0.3 is 0 Å². The maximum absolute atomic E-state index is 2.64. The van der Waals surface area contributed by atoms with Crippen LogP contribution in [0.5, 0.6) is 0 Å². The molecule has 1 unspecified atom stereocenters. The van der Waals surface area contributed by atoms with Crippen molar-refractivity contribution in [1.29, 1.82) is 0 Å². The molecule has 0 aliphatic heterocycles. The third kappa shape index (κ3) is 5.01. The zero-order chi connectivity index (χ0) is 26.1. The van der Waals surface area contributed by atoms with Gasteiger partial charge in [-0.25, -0.2) is 0 Å². The van der Waals surface area contributed by atoms with Gasteiger partial charge >= 0.3 is 225 Å². The summed E-state index contributed by atoms with van der Waals surface area (Å²) in [4.78, 5) is 0. The van der Waals surface area contributed by atoms with Crippen molar-refractivity contribution in [3.63, 3.8) is 0 Å². The van der Waals surface area contributed by atoms with Gasteiger partial charge in [0.2, 0.25) is 0 Å². The van der Waals surface area contributed by atoms with E-state index in [-0.39, 0.29) is 16.2 Å². The van der Waals surface area contributed by atoms with Crippen LogP contribution in [0.2, 0.25) is 3.63 Å². The number of fused-ring (bicyclic) bond motifs is 3. The van der Waals surface area contributed by atoms with Crippen molar-refractivity contribution in [2.45, 2.75) is 101 Å². The Balaban J connectivity index is 1.94. The van der Waals surface area contributed by atoms with Crippen LogP contribution in [0, 0.1) is 11.3 Å². The second-order valence-electron chi connectivity index (χ2n) is 14.4. The van der Waals surface area contributed by atoms with E-state index < -0.39 is 21.8 Å². The average molecular weight is 547 g/mol. The van der Waals surface area contributed by atoms with Gasteiger partial charge in [-0.15, -0.1) is 0 Å². The topological polar surface area (TPSA) is 0 Å². The second kappa shape index (κ2) is 8.97. The summed E-state index contributed by atoms with van der Waals surface area (Å²) < 4.78 is 3.18. The number of allylic oxidation sites excluding steroid dienone is 4. The van der Waals surface area contributed by atoms with Crippen LogP contribution in [0.3, 0.4) is 0 Å². The summed E-state index contributed by atoms with van der Waals surface area (Å²) >= 11 is -2.13. The van der Waals surface area contributed by atoms with Crippen LogP contribution in [-0.4, -0.2) is 0 Å². The van der Waals surface area contributed by atoms with E-state index in [4.69, 9.17) is 0 Å². The molecule has 35 heavy (non-hydrogen) atoms. The third-order valence-corrected chi connectivity index (χ3v) is 17.3. The molecule has 2 aliphatic carbocycles. The van der Waals surface area contributed by atoms with Crippen LogP contribution >= 0.6 is 0 Å². The Morgan fingerprint density at radius 3 is 1.49 bits per heavy atom. The Labute approximate surface area is 224 Å². The van der Waals surface area contributed by atoms with E-state index in [9.17, 15) is 0 Å². The van der Waals surface area contributed by atoms with Gasteiger partial charge in [0.05, 0.1) is 0 Å². The van der Waals surface area contributed by atoms with Crippen LogP contribution in [0.4, 0.5) is 0 Å². The van der Waals surface area contributed by atoms with Crippen molar-refractivity contribution in [3.8, 4) is 11.1 Å². The summed E-state index contributed by atoms with van der Waals surface area (Å²) in [6.07, 6.45) is 5.21. The van der Waals surface area contributed by atoms with E-state index >= 15 is 0 Å². The van der Waals surface area contributed by atoms with Gasteiger partial charge in [0.25, 0.3) is 0 Å². The summed E-state index contributed by atoms with van der Waals surface area (Å²) in [7, 11) is 0. The maximum atomic E-state index is 2.64. The van der Waals surface area contributed by atoms with Crippen LogP contribution < -0.4 is 0 Å². The second-order valence-corrected chi connectivity index (χ2v) is 22.3. The first-order chi connectivity index (χ1) is 16.0. The van der Waals surface area contributed by atoms with Crippen molar-refractivity contribution in [1.82, 2.24) is 0 Å². The molecule has 0 amide bonds. The van der Waals surface area contributed by atoms with Crippen LogP contribution in [-0.2, 0) is 32.6 Å². The Morgan fingerprint density at radius 1 is 0.686 bits per heavy atom. The molecule has 0 aromatic heterocycles. The molecule has 0 saturated carbocycles. The van der Waals surface area contributed by atoms with Gasteiger partial charge in [-0.05, 0) is 0 Å². The van der Waals surface area contributed by atoms with E-state index in [1.807, 2.05) is 3.28 Å². The molecular weight excluding hydrogens is 500 g/mol. The molecule has 187 valence electrons. The van der Waals surface area contributed by atoms with Crippen molar-refractivity contribution in [2.75, 3.05) is 0 Å². The predicted molar refractivity (Wildman–Crippen MR) is 151 cm³/mol. The first kappa shape index (κ1) is 26.9. The SMILES string of the molecule is CC1C=C(C(C)(C)C)C=[C]1[Zr]([CH](C)C)[CH]1c2ccc(C(C)(C)C)cc2-c2cc(C(C)(C)C)ccc21. The van der Waals surface area contributed by atoms with Gasteiger partial charge in [0, 0.05) is 0 Å². The summed E-state index contributed by atoms with van der Waals surface area (Å²) in [5, 5.41) is 0. The minimum absolute atomic E-state index is 0.155. The van der Waals surface area contributed by atoms with Crippen LogP contribution in [0.1, 0.15) is 109 Å². The van der Waals surface area contributed by atoms with E-state index in [1.54, 1.807) is 16.7 Å². The summed E-state index contributed by atoms with van der Waals surface area (Å²) in [6.45, 7) is 28.6. The van der Waals surface area contributed by atoms with E-state index in [1.165, 1.54) is 22.3 Å². The molecule has 0 saturated heterocycles. The first-order valence-corrected chi connectivity index (χ1v) is 17.7. The summed E-state index contributed by atoms with van der Waals surface area (Å²) in [5.74, 6) is 0.580. The molecule has 0 heterocycles. The molecule has 0 bridgehead atoms. The van der Waals surface area contributed by atoms with E-state index in [0.29, 0.717) is 9.54 Å². The zero-order valence-corrected chi connectivity index (χ0v) is 26.8. The molecule has 0 nitrogen and oxygen atoms in total. The molecule has 0 spiro atoms. The molecule has 4 rings (SSSR count). The molecule has 2 aromatic carbocycles. The van der Waals surface area contributed by atoms with Crippen molar-refractivity contribution in [2.24, 2.45) is 11.3 Å². The average Bonchev–Trinajstić information content (AvgIpc) is 3.25. The fourth-order valence-electron chi connectivity index (χ4n) is 5.87. The Kier molecular flexibility index (Phi) is 6.89. The Hall–Kier alpha value is -1.20. The molecule has 2 aliphatic rings. The minimum atomic E-state index is -2.13. The van der Waals surface area contributed by atoms with Gasteiger partial charge in [0.1, 0.15) is 0 Å². The fraction of sp³-hybridized carbons (Fsp3) is 0.529. The summed E-state index contributed by atoms with van der Waals surface area (Å²) in [5.41, 5.74) is 11.2. The predicted octanol–water partition coefficient (Wildman–Crippen LogP) is 10.3. The Bertz CT molecular complexity index is 1120. The van der Waals surface area contributed by atoms with Gasteiger partial charge in [0.15, 0.2) is 0 Å². The molecule has 0 fully saturated rings. The standard InChI is InChI=1S/C21H25.C10H15.C3H7.Zr/c1-20(2,3)16-9-7-14-11-15-8-10-17(21(4,5)6)13-19(15)18(14)12-16;1-8-5-6-9(7-8)10(2,3)4;1-3-2;/h7-13H,1-6H3;6-8H,1-4H3;3H,1-2H3;. The number of hydrogen-bond donors (Lipinski definition) is 0. The molecular formula is C34H47Zr. The molecule has 2 aromatic rings. The van der Waals surface area contributed by atoms with E-state index in [2.05, 4.69) is 132 Å². The van der Waals surface area contributed by atoms with Crippen LogP contribution in [0.15, 0.2) is 57.4 Å². The normalized spacial score (nSPS) is 18.5. The fourth-order valence-corrected chi connectivity index (χ4v) is 15.1. The number of hydrogen-bond acceptors (Lipinski definition) is 0. The number of rotatable bonds is 3. The van der Waals surface area contributed by atoms with Crippen molar-refractivity contribution >= 4 is 0 Å². The zero-order valence-electron chi connectivity index (χ0n) is 24.4. The van der Waals surface area contributed by atoms with Gasteiger partial charge in [-0.2, -0.15) is 0 Å². The van der Waals surface area contributed by atoms with E-state index in [0.717, 1.165) is 3.63 Å². The van der Waals surface area contributed by atoms with Gasteiger partial charge in [-0.1, -0.05) is 0 Å². The first-order valence-electron chi connectivity index (χ1n) is 13.6. The Morgan fingerprint density at radius 2 is 1.14 bits per heavy atom. The monoisotopic (exact) mass is 545 g/mol. The molecule has 1 atom stereocenters. The van der Waals surface area contributed by atoms with Crippen molar-refractivity contribution < 1.29 is 21.8 Å². The molecule has 0 N–H and O–H groups in total. The molecule has 1 heteroatoms. The summed E-state index contributed by atoms with van der Waals surface area (Å²) in [6, 6.07) is 14.9.